The molecule has 1 aromatic rings. The second kappa shape index (κ2) is 7.05. The maximum atomic E-state index is 12.3. The molecule has 0 bridgehead atoms. The van der Waals surface area contributed by atoms with Crippen LogP contribution in [0.15, 0.2) is 12.3 Å². The first kappa shape index (κ1) is 14.6. The Balaban J connectivity index is 2.40. The zero-order chi connectivity index (χ0) is 13.5. The molecular weight excluding hydrogens is 242 g/mol. The fourth-order valence-corrected chi connectivity index (χ4v) is 1.53. The Hall–Kier alpha value is -1.50. The van der Waals surface area contributed by atoms with Crippen LogP contribution in [0.3, 0.4) is 0 Å². The van der Waals surface area contributed by atoms with E-state index in [-0.39, 0.29) is 5.69 Å². The van der Waals surface area contributed by atoms with Crippen molar-refractivity contribution in [2.75, 3.05) is 26.2 Å². The maximum absolute atomic E-state index is 12.3. The van der Waals surface area contributed by atoms with E-state index in [2.05, 4.69) is 15.3 Å². The van der Waals surface area contributed by atoms with Crippen LogP contribution in [0.25, 0.3) is 0 Å². The fraction of sp³-hybridized carbons (Fsp3) is 0.636. The molecule has 1 amide bonds. The average Bonchev–Trinajstić information content (AvgIpc) is 2.84. The Morgan fingerprint density at radius 2 is 2.17 bits per heavy atom. The number of likely N-dealkylation sites (N-methyl/N-ethyl adjacent to an activating group) is 1. The lowest BCUT2D eigenvalue weighted by Crippen LogP contribution is -2.35. The number of aromatic nitrogens is 2. The number of alkyl halides is 2. The summed E-state index contributed by atoms with van der Waals surface area (Å²) in [5.74, 6) is -0.429. The molecule has 0 aromatic carbocycles. The van der Waals surface area contributed by atoms with Gasteiger partial charge in [0.05, 0.1) is 0 Å². The molecule has 1 N–H and O–H groups in total. The zero-order valence-electron chi connectivity index (χ0n) is 10.6. The second-order valence-corrected chi connectivity index (χ2v) is 3.74. The van der Waals surface area contributed by atoms with E-state index in [1.807, 2.05) is 13.8 Å². The molecule has 0 fully saturated rings. The molecule has 1 rings (SSSR count). The first-order valence-corrected chi connectivity index (χ1v) is 5.92. The highest BCUT2D eigenvalue weighted by Gasteiger charge is 2.12. The minimum absolute atomic E-state index is 0.00912. The minimum atomic E-state index is -2.72. The summed E-state index contributed by atoms with van der Waals surface area (Å²) >= 11 is 0. The monoisotopic (exact) mass is 260 g/mol. The van der Waals surface area contributed by atoms with E-state index in [0.29, 0.717) is 11.2 Å². The van der Waals surface area contributed by atoms with E-state index in [1.165, 1.54) is 6.07 Å². The van der Waals surface area contributed by atoms with Crippen LogP contribution >= 0.6 is 0 Å². The van der Waals surface area contributed by atoms with Gasteiger partial charge >= 0.3 is 6.55 Å². The Morgan fingerprint density at radius 1 is 1.50 bits per heavy atom. The third-order valence-corrected chi connectivity index (χ3v) is 2.65. The van der Waals surface area contributed by atoms with Gasteiger partial charge in [0.1, 0.15) is 5.69 Å². The molecule has 1 heterocycles. The van der Waals surface area contributed by atoms with Gasteiger partial charge in [-0.15, -0.1) is 0 Å². The topological polar surface area (TPSA) is 50.2 Å². The van der Waals surface area contributed by atoms with Gasteiger partial charge < -0.3 is 10.2 Å². The summed E-state index contributed by atoms with van der Waals surface area (Å²) in [6, 6.07) is 1.28. The summed E-state index contributed by atoms with van der Waals surface area (Å²) in [6.07, 6.45) is 1.09. The van der Waals surface area contributed by atoms with Crippen LogP contribution in [0, 0.1) is 0 Å². The Bertz CT molecular complexity index is 377. The highest BCUT2D eigenvalue weighted by atomic mass is 19.3. The first-order valence-electron chi connectivity index (χ1n) is 5.92. The van der Waals surface area contributed by atoms with Gasteiger partial charge in [-0.3, -0.25) is 4.79 Å². The number of rotatable bonds is 7. The predicted octanol–water partition coefficient (Wildman–Crippen LogP) is 1.35. The lowest BCUT2D eigenvalue weighted by molar-refractivity contribution is 0.0560. The summed E-state index contributed by atoms with van der Waals surface area (Å²) in [5, 5.41) is 6.14. The van der Waals surface area contributed by atoms with Crippen LogP contribution in [-0.2, 0) is 0 Å². The SMILES string of the molecule is CCN(CC)CCNC(=O)c1ccn(C(F)F)n1. The smallest absolute Gasteiger partial charge is 0.333 e. The van der Waals surface area contributed by atoms with Crippen molar-refractivity contribution in [3.63, 3.8) is 0 Å². The van der Waals surface area contributed by atoms with E-state index in [0.717, 1.165) is 25.8 Å². The largest absolute Gasteiger partial charge is 0.349 e. The molecule has 0 radical (unpaired) electrons. The minimum Gasteiger partial charge on any atom is -0.349 e. The third-order valence-electron chi connectivity index (χ3n) is 2.65. The Kier molecular flexibility index (Phi) is 5.70. The molecule has 0 aliphatic carbocycles. The van der Waals surface area contributed by atoms with Crippen molar-refractivity contribution >= 4 is 5.91 Å². The molecule has 7 heteroatoms. The summed E-state index contributed by atoms with van der Waals surface area (Å²) in [4.78, 5) is 13.7. The van der Waals surface area contributed by atoms with Gasteiger partial charge in [0.25, 0.3) is 5.91 Å². The van der Waals surface area contributed by atoms with Crippen LogP contribution in [0.4, 0.5) is 8.78 Å². The number of halogens is 2. The molecule has 0 saturated heterocycles. The summed E-state index contributed by atoms with van der Waals surface area (Å²) in [6.45, 7) is 4.38. The quantitative estimate of drug-likeness (QED) is 0.805. The van der Waals surface area contributed by atoms with Crippen molar-refractivity contribution in [2.24, 2.45) is 0 Å². The highest BCUT2D eigenvalue weighted by molar-refractivity contribution is 5.92. The van der Waals surface area contributed by atoms with Crippen molar-refractivity contribution in [1.82, 2.24) is 20.0 Å². The first-order chi connectivity index (χ1) is 8.58. The molecule has 18 heavy (non-hydrogen) atoms. The van der Waals surface area contributed by atoms with Crippen LogP contribution in [0.1, 0.15) is 30.9 Å². The standard InChI is InChI=1S/C11H18F2N4O/c1-3-16(4-2)8-6-14-10(18)9-5-7-17(15-9)11(12)13/h5,7,11H,3-4,6,8H2,1-2H3,(H,14,18). The summed E-state index contributed by atoms with van der Waals surface area (Å²) in [5.41, 5.74) is 0.00912. The van der Waals surface area contributed by atoms with Crippen LogP contribution in [0.5, 0.6) is 0 Å². The van der Waals surface area contributed by atoms with Crippen LogP contribution in [-0.4, -0.2) is 46.8 Å². The van der Waals surface area contributed by atoms with Crippen molar-refractivity contribution in [3.05, 3.63) is 18.0 Å². The predicted molar refractivity (Wildman–Crippen MR) is 63.6 cm³/mol. The molecular formula is C11H18F2N4O. The number of nitrogens with one attached hydrogen (secondary N) is 1. The molecule has 0 aliphatic heterocycles. The van der Waals surface area contributed by atoms with Crippen molar-refractivity contribution < 1.29 is 13.6 Å². The number of carbonyl (C=O) groups excluding carboxylic acids is 1. The van der Waals surface area contributed by atoms with E-state index in [1.54, 1.807) is 0 Å². The van der Waals surface area contributed by atoms with Crippen molar-refractivity contribution in [3.8, 4) is 0 Å². The Morgan fingerprint density at radius 3 is 2.67 bits per heavy atom. The molecule has 1 aromatic heterocycles. The molecule has 0 unspecified atom stereocenters. The average molecular weight is 260 g/mol. The molecule has 0 aliphatic rings. The van der Waals surface area contributed by atoms with Gasteiger partial charge in [-0.1, -0.05) is 13.8 Å². The van der Waals surface area contributed by atoms with E-state index < -0.39 is 12.5 Å². The van der Waals surface area contributed by atoms with Gasteiger partial charge in [0.2, 0.25) is 0 Å². The second-order valence-electron chi connectivity index (χ2n) is 3.74. The summed E-state index contributed by atoms with van der Waals surface area (Å²) in [7, 11) is 0. The van der Waals surface area contributed by atoms with Crippen molar-refractivity contribution in [2.45, 2.75) is 20.4 Å². The van der Waals surface area contributed by atoms with Crippen LogP contribution < -0.4 is 5.32 Å². The lowest BCUT2D eigenvalue weighted by Gasteiger charge is -2.17. The van der Waals surface area contributed by atoms with E-state index >= 15 is 0 Å². The lowest BCUT2D eigenvalue weighted by atomic mass is 10.4. The normalized spacial score (nSPS) is 11.2. The Labute approximate surface area is 105 Å². The number of amides is 1. The van der Waals surface area contributed by atoms with Gasteiger partial charge in [-0.25, -0.2) is 4.68 Å². The third kappa shape index (κ3) is 4.06. The fourth-order valence-electron chi connectivity index (χ4n) is 1.53. The molecule has 0 spiro atoms. The zero-order valence-corrected chi connectivity index (χ0v) is 10.6. The van der Waals surface area contributed by atoms with E-state index in [4.69, 9.17) is 0 Å². The molecule has 102 valence electrons. The van der Waals surface area contributed by atoms with Gasteiger partial charge in [0.15, 0.2) is 0 Å². The number of hydrogen-bond donors (Lipinski definition) is 1. The number of carbonyl (C=O) groups is 1. The highest BCUT2D eigenvalue weighted by Crippen LogP contribution is 2.08. The number of hydrogen-bond acceptors (Lipinski definition) is 3. The molecule has 0 saturated carbocycles. The van der Waals surface area contributed by atoms with Crippen molar-refractivity contribution in [1.29, 1.82) is 0 Å². The maximum Gasteiger partial charge on any atom is 0.333 e. The molecule has 5 nitrogen and oxygen atoms in total. The van der Waals surface area contributed by atoms with Gasteiger partial charge in [0, 0.05) is 19.3 Å². The number of nitrogens with zero attached hydrogens (tertiary/aromatic N) is 3. The molecule has 0 atom stereocenters. The van der Waals surface area contributed by atoms with E-state index in [9.17, 15) is 13.6 Å². The van der Waals surface area contributed by atoms with Crippen LogP contribution in [0.2, 0.25) is 0 Å². The van der Waals surface area contributed by atoms with Gasteiger partial charge in [-0.2, -0.15) is 13.9 Å². The summed E-state index contributed by atoms with van der Waals surface area (Å²) < 4.78 is 25.0. The van der Waals surface area contributed by atoms with Gasteiger partial charge in [-0.05, 0) is 19.2 Å².